The number of carbonyl (C=O) groups is 1. The quantitative estimate of drug-likeness (QED) is 0.881. The summed E-state index contributed by atoms with van der Waals surface area (Å²) in [6.45, 7) is 3.90. The average Bonchev–Trinajstić information content (AvgIpc) is 2.42. The maximum Gasteiger partial charge on any atom is 0.239 e. The number of amides is 1. The first-order valence-corrected chi connectivity index (χ1v) is 6.73. The summed E-state index contributed by atoms with van der Waals surface area (Å²) in [5.74, 6) is 0.650. The second kappa shape index (κ2) is 6.01. The summed E-state index contributed by atoms with van der Waals surface area (Å²) in [6, 6.07) is 10.4. The maximum atomic E-state index is 12.2. The van der Waals surface area contributed by atoms with Crippen molar-refractivity contribution >= 4 is 5.91 Å². The molecule has 1 heterocycles. The fourth-order valence-corrected chi connectivity index (χ4v) is 2.61. The zero-order chi connectivity index (χ0) is 13.0. The molecule has 3 heteroatoms. The Balaban J connectivity index is 1.98. The zero-order valence-electron chi connectivity index (χ0n) is 11.2. The monoisotopic (exact) mass is 246 g/mol. The molecule has 0 aromatic heterocycles. The fraction of sp³-hybridized carbons (Fsp3) is 0.533. The van der Waals surface area contributed by atoms with E-state index < -0.39 is 0 Å². The average molecular weight is 246 g/mol. The number of nitrogens with one attached hydrogen (secondary N) is 1. The number of nitrogens with zero attached hydrogens (tertiary/aromatic N) is 1. The Morgan fingerprint density at radius 1 is 1.39 bits per heavy atom. The lowest BCUT2D eigenvalue weighted by atomic mass is 9.98. The van der Waals surface area contributed by atoms with Gasteiger partial charge in [0.15, 0.2) is 0 Å². The third kappa shape index (κ3) is 2.91. The van der Waals surface area contributed by atoms with E-state index in [1.54, 1.807) is 0 Å². The molecule has 1 aromatic rings. The van der Waals surface area contributed by atoms with Gasteiger partial charge in [0, 0.05) is 13.1 Å². The molecule has 98 valence electrons. The molecule has 1 saturated heterocycles. The van der Waals surface area contributed by atoms with Crippen LogP contribution in [0.4, 0.5) is 0 Å². The van der Waals surface area contributed by atoms with Crippen molar-refractivity contribution in [2.45, 2.75) is 31.7 Å². The largest absolute Gasteiger partial charge is 0.341 e. The van der Waals surface area contributed by atoms with Crippen LogP contribution in [0.15, 0.2) is 30.3 Å². The van der Waals surface area contributed by atoms with Gasteiger partial charge in [0.25, 0.3) is 0 Å². The van der Waals surface area contributed by atoms with E-state index in [0.29, 0.717) is 5.92 Å². The number of likely N-dealkylation sites (N-methyl/N-ethyl adjacent to an activating group) is 1. The van der Waals surface area contributed by atoms with Gasteiger partial charge in [0.2, 0.25) is 5.91 Å². The normalized spacial score (nSPS) is 22.0. The zero-order valence-corrected chi connectivity index (χ0v) is 11.2. The third-order valence-corrected chi connectivity index (χ3v) is 3.74. The first kappa shape index (κ1) is 13.1. The van der Waals surface area contributed by atoms with Gasteiger partial charge in [-0.2, -0.15) is 0 Å². The molecule has 2 unspecified atom stereocenters. The highest BCUT2D eigenvalue weighted by Crippen LogP contribution is 2.19. The lowest BCUT2D eigenvalue weighted by Gasteiger charge is -2.34. The Kier molecular flexibility index (Phi) is 4.37. The summed E-state index contributed by atoms with van der Waals surface area (Å²) in [5, 5.41) is 3.11. The van der Waals surface area contributed by atoms with Gasteiger partial charge in [-0.05, 0) is 31.4 Å². The maximum absolute atomic E-state index is 12.2. The molecule has 1 aromatic carbocycles. The van der Waals surface area contributed by atoms with Crippen molar-refractivity contribution < 1.29 is 4.79 Å². The highest BCUT2D eigenvalue weighted by atomic mass is 16.2. The first-order chi connectivity index (χ1) is 8.72. The van der Waals surface area contributed by atoms with Crippen molar-refractivity contribution in [1.82, 2.24) is 10.2 Å². The molecule has 0 saturated carbocycles. The molecule has 3 nitrogen and oxygen atoms in total. The Bertz CT molecular complexity index is 391. The Morgan fingerprint density at radius 3 is 2.78 bits per heavy atom. The highest BCUT2D eigenvalue weighted by Gasteiger charge is 2.28. The van der Waals surface area contributed by atoms with Crippen LogP contribution in [0, 0.1) is 0 Å². The van der Waals surface area contributed by atoms with Gasteiger partial charge in [-0.3, -0.25) is 4.79 Å². The van der Waals surface area contributed by atoms with Gasteiger partial charge >= 0.3 is 0 Å². The van der Waals surface area contributed by atoms with E-state index in [1.165, 1.54) is 5.56 Å². The molecule has 0 spiro atoms. The fourth-order valence-electron chi connectivity index (χ4n) is 2.61. The van der Waals surface area contributed by atoms with Crippen molar-refractivity contribution in [2.75, 3.05) is 20.1 Å². The van der Waals surface area contributed by atoms with Crippen LogP contribution in [0.2, 0.25) is 0 Å². The van der Waals surface area contributed by atoms with Crippen LogP contribution >= 0.6 is 0 Å². The van der Waals surface area contributed by atoms with E-state index in [9.17, 15) is 4.79 Å². The Labute approximate surface area is 109 Å². The van der Waals surface area contributed by atoms with Crippen LogP contribution in [0.1, 0.15) is 31.2 Å². The van der Waals surface area contributed by atoms with Gasteiger partial charge in [0.05, 0.1) is 6.04 Å². The summed E-state index contributed by atoms with van der Waals surface area (Å²) >= 11 is 0. The predicted molar refractivity (Wildman–Crippen MR) is 73.5 cm³/mol. The topological polar surface area (TPSA) is 32.3 Å². The number of likely N-dealkylation sites (tertiary alicyclic amines) is 1. The molecule has 0 radical (unpaired) electrons. The van der Waals surface area contributed by atoms with Crippen molar-refractivity contribution in [2.24, 2.45) is 0 Å². The van der Waals surface area contributed by atoms with Crippen molar-refractivity contribution in [3.8, 4) is 0 Å². The van der Waals surface area contributed by atoms with E-state index in [1.807, 2.05) is 18.0 Å². The second-order valence-electron chi connectivity index (χ2n) is 5.08. The van der Waals surface area contributed by atoms with Gasteiger partial charge in [-0.15, -0.1) is 0 Å². The van der Waals surface area contributed by atoms with Crippen LogP contribution in [0.3, 0.4) is 0 Å². The summed E-state index contributed by atoms with van der Waals surface area (Å²) in [6.07, 6.45) is 2.06. The minimum absolute atomic E-state index is 0.0155. The van der Waals surface area contributed by atoms with E-state index in [0.717, 1.165) is 25.9 Å². The van der Waals surface area contributed by atoms with Crippen molar-refractivity contribution in [1.29, 1.82) is 0 Å². The van der Waals surface area contributed by atoms with Gasteiger partial charge in [-0.1, -0.05) is 37.3 Å². The first-order valence-electron chi connectivity index (χ1n) is 6.73. The molecular formula is C15H22N2O. The molecule has 1 N–H and O–H groups in total. The summed E-state index contributed by atoms with van der Waals surface area (Å²) in [4.78, 5) is 14.2. The predicted octanol–water partition coefficient (Wildman–Crippen LogP) is 2.00. The van der Waals surface area contributed by atoms with Gasteiger partial charge in [-0.25, -0.2) is 0 Å². The van der Waals surface area contributed by atoms with E-state index in [-0.39, 0.29) is 11.9 Å². The summed E-state index contributed by atoms with van der Waals surface area (Å²) < 4.78 is 0. The molecule has 2 atom stereocenters. The minimum atomic E-state index is 0.0155. The Hall–Kier alpha value is -1.35. The molecule has 1 aliphatic heterocycles. The minimum Gasteiger partial charge on any atom is -0.341 e. The van der Waals surface area contributed by atoms with E-state index in [2.05, 4.69) is 36.5 Å². The Morgan fingerprint density at radius 2 is 2.11 bits per heavy atom. The number of rotatable bonds is 4. The third-order valence-electron chi connectivity index (χ3n) is 3.74. The molecule has 18 heavy (non-hydrogen) atoms. The SMILES string of the molecule is CNC1CCCN(CC(C)c2ccccc2)C1=O. The lowest BCUT2D eigenvalue weighted by Crippen LogP contribution is -2.50. The second-order valence-corrected chi connectivity index (χ2v) is 5.08. The highest BCUT2D eigenvalue weighted by molar-refractivity contribution is 5.82. The number of piperidine rings is 1. The van der Waals surface area contributed by atoms with Crippen LogP contribution < -0.4 is 5.32 Å². The molecule has 2 rings (SSSR count). The standard InChI is InChI=1S/C15H22N2O/c1-12(13-7-4-3-5-8-13)11-17-10-6-9-14(16-2)15(17)18/h3-5,7-8,12,14,16H,6,9-11H2,1-2H3. The van der Waals surface area contributed by atoms with Crippen LogP contribution in [-0.4, -0.2) is 37.0 Å². The van der Waals surface area contributed by atoms with Gasteiger partial charge in [0.1, 0.15) is 0 Å². The van der Waals surface area contributed by atoms with Crippen molar-refractivity contribution in [3.63, 3.8) is 0 Å². The molecule has 0 aliphatic carbocycles. The lowest BCUT2D eigenvalue weighted by molar-refractivity contribution is -0.136. The molecule has 0 bridgehead atoms. The molecule has 1 aliphatic rings. The number of hydrogen-bond donors (Lipinski definition) is 1. The van der Waals surface area contributed by atoms with Crippen molar-refractivity contribution in [3.05, 3.63) is 35.9 Å². The number of benzene rings is 1. The van der Waals surface area contributed by atoms with Crippen LogP contribution in [0.25, 0.3) is 0 Å². The van der Waals surface area contributed by atoms with Gasteiger partial charge < -0.3 is 10.2 Å². The van der Waals surface area contributed by atoms with Crippen LogP contribution in [0.5, 0.6) is 0 Å². The molecule has 1 fully saturated rings. The van der Waals surface area contributed by atoms with E-state index in [4.69, 9.17) is 0 Å². The summed E-state index contributed by atoms with van der Waals surface area (Å²) in [5.41, 5.74) is 1.30. The van der Waals surface area contributed by atoms with E-state index >= 15 is 0 Å². The smallest absolute Gasteiger partial charge is 0.239 e. The molecular weight excluding hydrogens is 224 g/mol. The number of hydrogen-bond acceptors (Lipinski definition) is 2. The number of carbonyl (C=O) groups excluding carboxylic acids is 1. The molecule has 1 amide bonds. The van der Waals surface area contributed by atoms with Crippen LogP contribution in [-0.2, 0) is 4.79 Å². The summed E-state index contributed by atoms with van der Waals surface area (Å²) in [7, 11) is 1.87.